The van der Waals surface area contributed by atoms with Crippen LogP contribution in [0.25, 0.3) is 16.9 Å². The molecule has 0 N–H and O–H groups in total. The Bertz CT molecular complexity index is 1050. The predicted molar refractivity (Wildman–Crippen MR) is 85.9 cm³/mol. The molecule has 0 atom stereocenters. The largest absolute Gasteiger partial charge is 0.332 e. The molecule has 0 saturated carbocycles. The van der Waals surface area contributed by atoms with Crippen molar-refractivity contribution in [3.8, 4) is 0 Å². The van der Waals surface area contributed by atoms with E-state index in [1.165, 1.54) is 11.5 Å². The molecule has 0 bridgehead atoms. The second kappa shape index (κ2) is 5.22. The van der Waals surface area contributed by atoms with Crippen LogP contribution in [-0.4, -0.2) is 28.9 Å². The molecule has 0 unspecified atom stereocenters. The Hall–Kier alpha value is -2.64. The molecular weight excluding hydrogens is 298 g/mol. The zero-order chi connectivity index (χ0) is 16.9. The molecule has 8 nitrogen and oxygen atoms in total. The van der Waals surface area contributed by atoms with Crippen LogP contribution in [0.15, 0.2) is 15.8 Å². The molecule has 0 fully saturated rings. The summed E-state index contributed by atoms with van der Waals surface area (Å²) < 4.78 is 6.00. The molecule has 0 aliphatic rings. The number of rotatable bonds is 4. The zero-order valence-electron chi connectivity index (χ0n) is 13.7. The molecule has 0 saturated heterocycles. The minimum atomic E-state index is -0.530. The van der Waals surface area contributed by atoms with Gasteiger partial charge in [-0.2, -0.15) is 4.98 Å². The summed E-state index contributed by atoms with van der Waals surface area (Å²) in [6.45, 7) is 5.91. The van der Waals surface area contributed by atoms with Gasteiger partial charge >= 0.3 is 5.69 Å². The van der Waals surface area contributed by atoms with Crippen molar-refractivity contribution < 1.29 is 4.79 Å². The number of carbonyl (C=O) groups is 1. The van der Waals surface area contributed by atoms with E-state index in [9.17, 15) is 14.4 Å². The first-order valence-corrected chi connectivity index (χ1v) is 7.54. The van der Waals surface area contributed by atoms with E-state index >= 15 is 0 Å². The number of ketones is 1. The number of fused-ring (bicyclic) bond motifs is 3. The van der Waals surface area contributed by atoms with E-state index in [0.717, 1.165) is 23.2 Å². The van der Waals surface area contributed by atoms with E-state index in [1.807, 2.05) is 17.7 Å². The van der Waals surface area contributed by atoms with Gasteiger partial charge in [-0.25, -0.2) is 4.79 Å². The Kier molecular flexibility index (Phi) is 3.46. The van der Waals surface area contributed by atoms with Crippen LogP contribution in [0.4, 0.5) is 0 Å². The van der Waals surface area contributed by atoms with E-state index < -0.39 is 11.2 Å². The van der Waals surface area contributed by atoms with Crippen LogP contribution in [-0.2, 0) is 24.9 Å². The molecule has 8 heteroatoms. The average molecular weight is 317 g/mol. The second-order valence-corrected chi connectivity index (χ2v) is 5.81. The fraction of sp³-hybridized carbons (Fsp3) is 0.467. The highest BCUT2D eigenvalue weighted by molar-refractivity contribution is 5.77. The van der Waals surface area contributed by atoms with Crippen molar-refractivity contribution in [3.05, 3.63) is 32.7 Å². The van der Waals surface area contributed by atoms with Crippen molar-refractivity contribution in [3.63, 3.8) is 0 Å². The highest BCUT2D eigenvalue weighted by Crippen LogP contribution is 2.16. The van der Waals surface area contributed by atoms with Crippen LogP contribution < -0.4 is 11.2 Å². The van der Waals surface area contributed by atoms with Crippen LogP contribution in [0, 0.1) is 6.92 Å². The van der Waals surface area contributed by atoms with Crippen LogP contribution in [0.5, 0.6) is 0 Å². The first-order valence-electron chi connectivity index (χ1n) is 7.54. The Balaban J connectivity index is 2.47. The molecule has 122 valence electrons. The third-order valence-electron chi connectivity index (χ3n) is 3.97. The van der Waals surface area contributed by atoms with E-state index in [1.54, 1.807) is 11.4 Å². The van der Waals surface area contributed by atoms with Gasteiger partial charge in [0.15, 0.2) is 11.2 Å². The maximum atomic E-state index is 12.7. The molecule has 3 aromatic rings. The Morgan fingerprint density at radius 3 is 2.57 bits per heavy atom. The summed E-state index contributed by atoms with van der Waals surface area (Å²) in [4.78, 5) is 40.9. The Labute approximate surface area is 131 Å². The lowest BCUT2D eigenvalue weighted by Crippen LogP contribution is -2.40. The number of Topliss-reactive ketones (excluding diaryl/α,β-unsaturated/α-hetero) is 1. The van der Waals surface area contributed by atoms with Gasteiger partial charge in [-0.3, -0.25) is 23.1 Å². The van der Waals surface area contributed by atoms with E-state index in [4.69, 9.17) is 0 Å². The summed E-state index contributed by atoms with van der Waals surface area (Å²) in [5.74, 6) is 0.385. The number of aromatic nitrogens is 5. The van der Waals surface area contributed by atoms with E-state index in [2.05, 4.69) is 11.9 Å². The Morgan fingerprint density at radius 2 is 1.96 bits per heavy atom. The van der Waals surface area contributed by atoms with Crippen molar-refractivity contribution in [2.75, 3.05) is 0 Å². The Morgan fingerprint density at radius 1 is 1.26 bits per heavy atom. The monoisotopic (exact) mass is 317 g/mol. The highest BCUT2D eigenvalue weighted by Gasteiger charge is 2.20. The molecule has 0 spiro atoms. The summed E-state index contributed by atoms with van der Waals surface area (Å²) in [6.07, 6.45) is 2.77. The van der Waals surface area contributed by atoms with Crippen molar-refractivity contribution in [1.29, 1.82) is 0 Å². The van der Waals surface area contributed by atoms with Gasteiger partial charge in [-0.1, -0.05) is 6.92 Å². The number of imidazole rings is 2. The summed E-state index contributed by atoms with van der Waals surface area (Å²) in [5.41, 5.74) is 0.625. The van der Waals surface area contributed by atoms with Crippen molar-refractivity contribution in [2.24, 2.45) is 7.05 Å². The van der Waals surface area contributed by atoms with Crippen molar-refractivity contribution in [2.45, 2.75) is 40.3 Å². The van der Waals surface area contributed by atoms with Gasteiger partial charge in [0, 0.05) is 25.5 Å². The first-order chi connectivity index (χ1) is 10.9. The maximum absolute atomic E-state index is 12.7. The number of hydrogen-bond acceptors (Lipinski definition) is 4. The smallest absolute Gasteiger partial charge is 0.314 e. The van der Waals surface area contributed by atoms with Gasteiger partial charge in [0.2, 0.25) is 5.78 Å². The molecule has 0 aliphatic carbocycles. The van der Waals surface area contributed by atoms with Gasteiger partial charge in [0.1, 0.15) is 5.78 Å². The average Bonchev–Trinajstić information content (AvgIpc) is 2.98. The zero-order valence-corrected chi connectivity index (χ0v) is 13.7. The quantitative estimate of drug-likeness (QED) is 0.700. The van der Waals surface area contributed by atoms with Crippen LogP contribution >= 0.6 is 0 Å². The number of aryl methyl sites for hydroxylation is 3. The summed E-state index contributed by atoms with van der Waals surface area (Å²) >= 11 is 0. The second-order valence-electron chi connectivity index (χ2n) is 5.81. The van der Waals surface area contributed by atoms with Gasteiger partial charge in [0.05, 0.1) is 6.54 Å². The predicted octanol–water partition coefficient (Wildman–Crippen LogP) is 0.457. The van der Waals surface area contributed by atoms with Gasteiger partial charge in [-0.15, -0.1) is 0 Å². The lowest BCUT2D eigenvalue weighted by atomic mass is 10.4. The SMILES string of the molecule is CCCn1c(C)cn2c3c(=O)n(CC(C)=O)c(=O)n(C)c3nc12. The molecule has 3 heterocycles. The van der Waals surface area contributed by atoms with Crippen LogP contribution in [0.2, 0.25) is 0 Å². The highest BCUT2D eigenvalue weighted by atomic mass is 16.2. The lowest BCUT2D eigenvalue weighted by Gasteiger charge is -2.06. The molecule has 0 aliphatic heterocycles. The third kappa shape index (κ3) is 2.13. The fourth-order valence-corrected chi connectivity index (χ4v) is 2.92. The number of hydrogen-bond donors (Lipinski definition) is 0. The first kappa shape index (κ1) is 15.3. The molecule has 0 amide bonds. The summed E-state index contributed by atoms with van der Waals surface area (Å²) in [7, 11) is 1.56. The van der Waals surface area contributed by atoms with Gasteiger partial charge < -0.3 is 4.57 Å². The van der Waals surface area contributed by atoms with Crippen molar-refractivity contribution in [1.82, 2.24) is 23.1 Å². The molecule has 0 aromatic carbocycles. The third-order valence-corrected chi connectivity index (χ3v) is 3.97. The van der Waals surface area contributed by atoms with Gasteiger partial charge in [-0.05, 0) is 20.3 Å². The standard InChI is InChI=1S/C15H19N5O3/c1-5-6-18-9(2)7-19-11-12(16-14(18)19)17(4)15(23)20(13(11)22)8-10(3)21/h7H,5-6,8H2,1-4H3. The molecular formula is C15H19N5O3. The van der Waals surface area contributed by atoms with Crippen LogP contribution in [0.1, 0.15) is 26.0 Å². The number of carbonyl (C=O) groups excluding carboxylic acids is 1. The molecule has 0 radical (unpaired) electrons. The molecule has 3 rings (SSSR count). The van der Waals surface area contributed by atoms with E-state index in [0.29, 0.717) is 16.9 Å². The maximum Gasteiger partial charge on any atom is 0.332 e. The topological polar surface area (TPSA) is 83.3 Å². The summed E-state index contributed by atoms with van der Waals surface area (Å²) in [5, 5.41) is 0. The normalized spacial score (nSPS) is 11.7. The minimum absolute atomic E-state index is 0.233. The minimum Gasteiger partial charge on any atom is -0.314 e. The molecule has 23 heavy (non-hydrogen) atoms. The van der Waals surface area contributed by atoms with Crippen LogP contribution in [0.3, 0.4) is 0 Å². The van der Waals surface area contributed by atoms with E-state index in [-0.39, 0.29) is 12.3 Å². The molecule has 3 aromatic heterocycles. The lowest BCUT2D eigenvalue weighted by molar-refractivity contribution is -0.117. The number of nitrogens with zero attached hydrogens (tertiary/aromatic N) is 5. The summed E-state index contributed by atoms with van der Waals surface area (Å²) in [6, 6.07) is 0. The van der Waals surface area contributed by atoms with Crippen molar-refractivity contribution >= 4 is 22.7 Å². The fourth-order valence-electron chi connectivity index (χ4n) is 2.92. The van der Waals surface area contributed by atoms with Gasteiger partial charge in [0.25, 0.3) is 5.56 Å².